The molecule has 0 unspecified atom stereocenters. The maximum absolute atomic E-state index is 14.2. The number of nitrogens with zero attached hydrogens (tertiary/aromatic N) is 4. The molecule has 1 aliphatic rings. The third-order valence-corrected chi connectivity index (χ3v) is 3.53. The van der Waals surface area contributed by atoms with Crippen LogP contribution in [0.25, 0.3) is 11.2 Å². The van der Waals surface area contributed by atoms with Crippen molar-refractivity contribution in [3.05, 3.63) is 12.7 Å². The van der Waals surface area contributed by atoms with Gasteiger partial charge in [-0.1, -0.05) is 0 Å². The Kier molecular flexibility index (Phi) is 3.94. The number of halogens is 1. The van der Waals surface area contributed by atoms with Crippen LogP contribution < -0.4 is 5.32 Å². The number of hydrogen-bond acceptors (Lipinski definition) is 7. The number of alkyl halides is 1. The van der Waals surface area contributed by atoms with Crippen LogP contribution in [0.5, 0.6) is 0 Å². The summed E-state index contributed by atoms with van der Waals surface area (Å²) in [5, 5.41) is 22.0. The van der Waals surface area contributed by atoms with Gasteiger partial charge in [-0.05, 0) is 13.8 Å². The van der Waals surface area contributed by atoms with Crippen LogP contribution in [-0.2, 0) is 4.74 Å². The molecule has 3 heterocycles. The molecule has 9 heteroatoms. The molecule has 0 saturated carbocycles. The molecular weight excluding hydrogens is 293 g/mol. The summed E-state index contributed by atoms with van der Waals surface area (Å²) in [5.74, 6) is 0.548. The first-order valence-electron chi connectivity index (χ1n) is 7.05. The quantitative estimate of drug-likeness (QED) is 0.742. The van der Waals surface area contributed by atoms with E-state index in [4.69, 9.17) is 9.84 Å². The molecule has 22 heavy (non-hydrogen) atoms. The first-order valence-corrected chi connectivity index (χ1v) is 7.05. The molecule has 2 aromatic heterocycles. The van der Waals surface area contributed by atoms with Crippen LogP contribution in [0.1, 0.15) is 20.1 Å². The number of rotatable bonds is 4. The highest BCUT2D eigenvalue weighted by Gasteiger charge is 2.45. The predicted octanol–water partition coefficient (Wildman–Crippen LogP) is 0.235. The zero-order valence-corrected chi connectivity index (χ0v) is 12.2. The van der Waals surface area contributed by atoms with Crippen molar-refractivity contribution in [3.63, 3.8) is 0 Å². The number of aliphatic hydroxyl groups excluding tert-OH is 2. The van der Waals surface area contributed by atoms with Crippen molar-refractivity contribution < 1.29 is 19.3 Å². The summed E-state index contributed by atoms with van der Waals surface area (Å²) >= 11 is 0. The van der Waals surface area contributed by atoms with E-state index in [1.54, 1.807) is 0 Å². The molecular formula is C13H18FN5O3. The number of nitrogens with one attached hydrogen (secondary N) is 1. The third kappa shape index (κ3) is 2.40. The van der Waals surface area contributed by atoms with Crippen molar-refractivity contribution in [3.8, 4) is 0 Å². The molecule has 0 amide bonds. The predicted molar refractivity (Wildman–Crippen MR) is 76.0 cm³/mol. The first-order chi connectivity index (χ1) is 10.5. The van der Waals surface area contributed by atoms with Gasteiger partial charge in [0.15, 0.2) is 29.4 Å². The van der Waals surface area contributed by atoms with Crippen molar-refractivity contribution in [1.82, 2.24) is 19.5 Å². The van der Waals surface area contributed by atoms with Crippen molar-refractivity contribution in [2.75, 3.05) is 11.9 Å². The van der Waals surface area contributed by atoms with Gasteiger partial charge in [-0.15, -0.1) is 0 Å². The summed E-state index contributed by atoms with van der Waals surface area (Å²) in [6, 6.07) is 0.153. The molecule has 0 bridgehead atoms. The van der Waals surface area contributed by atoms with E-state index in [1.807, 2.05) is 13.8 Å². The van der Waals surface area contributed by atoms with E-state index in [0.29, 0.717) is 17.0 Å². The fourth-order valence-corrected chi connectivity index (χ4v) is 2.50. The minimum Gasteiger partial charge on any atom is -0.394 e. The number of hydrogen-bond donors (Lipinski definition) is 3. The smallest absolute Gasteiger partial charge is 0.173 e. The monoisotopic (exact) mass is 311 g/mol. The van der Waals surface area contributed by atoms with Gasteiger partial charge >= 0.3 is 0 Å². The van der Waals surface area contributed by atoms with Crippen LogP contribution in [0.15, 0.2) is 12.7 Å². The molecule has 0 aromatic carbocycles. The van der Waals surface area contributed by atoms with Crippen LogP contribution in [0, 0.1) is 0 Å². The molecule has 3 rings (SSSR count). The summed E-state index contributed by atoms with van der Waals surface area (Å²) in [7, 11) is 0. The topological polar surface area (TPSA) is 105 Å². The summed E-state index contributed by atoms with van der Waals surface area (Å²) in [5.41, 5.74) is 0.894. The molecule has 4 atom stereocenters. The van der Waals surface area contributed by atoms with Crippen molar-refractivity contribution >= 4 is 17.0 Å². The Bertz CT molecular complexity index is 664. The first kappa shape index (κ1) is 15.1. The van der Waals surface area contributed by atoms with Gasteiger partial charge < -0.3 is 20.3 Å². The minimum atomic E-state index is -1.67. The van der Waals surface area contributed by atoms with Crippen molar-refractivity contribution in [1.29, 1.82) is 0 Å². The Morgan fingerprint density at radius 3 is 2.82 bits per heavy atom. The Morgan fingerprint density at radius 2 is 2.18 bits per heavy atom. The summed E-state index contributed by atoms with van der Waals surface area (Å²) in [6.07, 6.45) is -2.36. The number of anilines is 1. The van der Waals surface area contributed by atoms with E-state index in [0.717, 1.165) is 0 Å². The molecule has 1 aliphatic heterocycles. The maximum Gasteiger partial charge on any atom is 0.173 e. The van der Waals surface area contributed by atoms with Crippen LogP contribution in [0.2, 0.25) is 0 Å². The number of aliphatic hydroxyl groups is 2. The zero-order valence-electron chi connectivity index (χ0n) is 12.2. The van der Waals surface area contributed by atoms with E-state index in [9.17, 15) is 9.50 Å². The number of ether oxygens (including phenoxy) is 1. The standard InChI is InChI=1S/C13H18FN5O3/c1-6(2)18-11-9-12(16-4-15-11)19(5-17-9)13-8(14)10(21)7(3-20)22-13/h4-8,10,13,20-21H,3H2,1-2H3,(H,15,16,18)/t7-,8-,10-,13-/m1/s1. The highest BCUT2D eigenvalue weighted by atomic mass is 19.1. The van der Waals surface area contributed by atoms with E-state index < -0.39 is 31.2 Å². The van der Waals surface area contributed by atoms with Crippen LogP contribution in [-0.4, -0.2) is 60.8 Å². The Labute approximate surface area is 126 Å². The number of imidazole rings is 1. The minimum absolute atomic E-state index is 0.153. The molecule has 0 radical (unpaired) electrons. The largest absolute Gasteiger partial charge is 0.394 e. The summed E-state index contributed by atoms with van der Waals surface area (Å²) < 4.78 is 21.0. The lowest BCUT2D eigenvalue weighted by molar-refractivity contribution is -0.0459. The van der Waals surface area contributed by atoms with Gasteiger partial charge in [0.1, 0.15) is 18.5 Å². The second kappa shape index (κ2) is 5.75. The average Bonchev–Trinajstić information content (AvgIpc) is 3.02. The van der Waals surface area contributed by atoms with Gasteiger partial charge in [-0.3, -0.25) is 4.57 Å². The van der Waals surface area contributed by atoms with Crippen LogP contribution in [0.4, 0.5) is 10.2 Å². The van der Waals surface area contributed by atoms with Gasteiger partial charge in [0.2, 0.25) is 0 Å². The second-order valence-electron chi connectivity index (χ2n) is 5.53. The van der Waals surface area contributed by atoms with Crippen LogP contribution >= 0.6 is 0 Å². The third-order valence-electron chi connectivity index (χ3n) is 3.53. The van der Waals surface area contributed by atoms with E-state index in [-0.39, 0.29) is 6.04 Å². The zero-order chi connectivity index (χ0) is 15.9. The number of aromatic nitrogens is 4. The highest BCUT2D eigenvalue weighted by molar-refractivity contribution is 5.82. The molecule has 1 fully saturated rings. The lowest BCUT2D eigenvalue weighted by Crippen LogP contribution is -2.30. The summed E-state index contributed by atoms with van der Waals surface area (Å²) in [4.78, 5) is 12.5. The molecule has 2 aromatic rings. The fraction of sp³-hybridized carbons (Fsp3) is 0.615. The summed E-state index contributed by atoms with van der Waals surface area (Å²) in [6.45, 7) is 3.47. The number of fused-ring (bicyclic) bond motifs is 1. The molecule has 120 valence electrons. The van der Waals surface area contributed by atoms with E-state index in [1.165, 1.54) is 17.2 Å². The second-order valence-corrected chi connectivity index (χ2v) is 5.53. The highest BCUT2D eigenvalue weighted by Crippen LogP contribution is 2.34. The molecule has 1 saturated heterocycles. The molecule has 3 N–H and O–H groups in total. The normalized spacial score (nSPS) is 28.6. The van der Waals surface area contributed by atoms with E-state index >= 15 is 0 Å². The Balaban J connectivity index is 1.99. The van der Waals surface area contributed by atoms with Gasteiger partial charge in [-0.25, -0.2) is 19.3 Å². The van der Waals surface area contributed by atoms with E-state index in [2.05, 4.69) is 20.3 Å². The van der Waals surface area contributed by atoms with Crippen molar-refractivity contribution in [2.45, 2.75) is 44.5 Å². The van der Waals surface area contributed by atoms with Gasteiger partial charge in [-0.2, -0.15) is 0 Å². The van der Waals surface area contributed by atoms with Gasteiger partial charge in [0.05, 0.1) is 12.9 Å². The maximum atomic E-state index is 14.2. The van der Waals surface area contributed by atoms with Gasteiger partial charge in [0.25, 0.3) is 0 Å². The molecule has 8 nitrogen and oxygen atoms in total. The van der Waals surface area contributed by atoms with Crippen LogP contribution in [0.3, 0.4) is 0 Å². The lowest BCUT2D eigenvalue weighted by atomic mass is 10.1. The Hall–Kier alpha value is -1.84. The SMILES string of the molecule is CC(C)Nc1ncnc2c1ncn2[C@@H]1O[C@H](CO)[C@@H](O)[C@H]1F. The Morgan fingerprint density at radius 1 is 1.41 bits per heavy atom. The van der Waals surface area contributed by atoms with Crippen molar-refractivity contribution in [2.24, 2.45) is 0 Å². The molecule has 0 aliphatic carbocycles. The fourth-order valence-electron chi connectivity index (χ4n) is 2.50. The molecule has 0 spiro atoms. The van der Waals surface area contributed by atoms with Gasteiger partial charge in [0, 0.05) is 6.04 Å². The lowest BCUT2D eigenvalue weighted by Gasteiger charge is -2.15. The average molecular weight is 311 g/mol.